The van der Waals surface area contributed by atoms with E-state index < -0.39 is 0 Å². The van der Waals surface area contributed by atoms with Crippen LogP contribution in [0.4, 0.5) is 10.1 Å². The van der Waals surface area contributed by atoms with Gasteiger partial charge in [-0.25, -0.2) is 4.39 Å². The SMILES string of the molecule is Cc1cc(N(C)CCCCO)ccc1F. The van der Waals surface area contributed by atoms with Crippen molar-refractivity contribution in [2.24, 2.45) is 0 Å². The monoisotopic (exact) mass is 211 g/mol. The minimum atomic E-state index is -0.164. The minimum absolute atomic E-state index is 0.164. The highest BCUT2D eigenvalue weighted by Gasteiger charge is 2.03. The highest BCUT2D eigenvalue weighted by Crippen LogP contribution is 2.17. The molecule has 0 heterocycles. The lowest BCUT2D eigenvalue weighted by Crippen LogP contribution is -2.18. The predicted molar refractivity (Wildman–Crippen MR) is 60.7 cm³/mol. The zero-order chi connectivity index (χ0) is 11.3. The summed E-state index contributed by atoms with van der Waals surface area (Å²) in [6.07, 6.45) is 1.76. The first-order chi connectivity index (χ1) is 7.15. The van der Waals surface area contributed by atoms with E-state index in [0.29, 0.717) is 5.56 Å². The number of rotatable bonds is 5. The van der Waals surface area contributed by atoms with Crippen molar-refractivity contribution in [3.63, 3.8) is 0 Å². The fourth-order valence-electron chi connectivity index (χ4n) is 1.46. The molecule has 0 amide bonds. The molecule has 84 valence electrons. The van der Waals surface area contributed by atoms with Crippen LogP contribution in [-0.4, -0.2) is 25.3 Å². The number of aryl methyl sites for hydroxylation is 1. The molecule has 0 bridgehead atoms. The van der Waals surface area contributed by atoms with E-state index in [1.54, 1.807) is 13.0 Å². The van der Waals surface area contributed by atoms with Crippen molar-refractivity contribution < 1.29 is 9.50 Å². The highest BCUT2D eigenvalue weighted by atomic mass is 19.1. The first kappa shape index (κ1) is 12.0. The normalized spacial score (nSPS) is 10.4. The molecule has 0 saturated heterocycles. The number of aliphatic hydroxyl groups excluding tert-OH is 1. The largest absolute Gasteiger partial charge is 0.396 e. The van der Waals surface area contributed by atoms with Gasteiger partial charge in [0.25, 0.3) is 0 Å². The van der Waals surface area contributed by atoms with E-state index >= 15 is 0 Å². The third-order valence-corrected chi connectivity index (χ3v) is 2.48. The lowest BCUT2D eigenvalue weighted by Gasteiger charge is -2.19. The fraction of sp³-hybridized carbons (Fsp3) is 0.500. The Morgan fingerprint density at radius 1 is 1.33 bits per heavy atom. The number of benzene rings is 1. The van der Waals surface area contributed by atoms with E-state index in [1.807, 2.05) is 13.1 Å². The summed E-state index contributed by atoms with van der Waals surface area (Å²) < 4.78 is 13.0. The molecule has 0 aliphatic heterocycles. The number of anilines is 1. The molecule has 1 aromatic rings. The molecule has 0 fully saturated rings. The Kier molecular flexibility index (Phi) is 4.56. The maximum atomic E-state index is 13.0. The maximum absolute atomic E-state index is 13.0. The molecule has 1 aromatic carbocycles. The molecule has 0 spiro atoms. The molecule has 0 radical (unpaired) electrons. The Morgan fingerprint density at radius 3 is 2.67 bits per heavy atom. The van der Waals surface area contributed by atoms with Crippen molar-refractivity contribution in [3.05, 3.63) is 29.6 Å². The molecule has 0 unspecified atom stereocenters. The third kappa shape index (κ3) is 3.51. The molecule has 15 heavy (non-hydrogen) atoms. The smallest absolute Gasteiger partial charge is 0.126 e. The van der Waals surface area contributed by atoms with Gasteiger partial charge >= 0.3 is 0 Å². The molecule has 0 aliphatic carbocycles. The highest BCUT2D eigenvalue weighted by molar-refractivity contribution is 5.47. The summed E-state index contributed by atoms with van der Waals surface area (Å²) in [5, 5.41) is 8.66. The second-order valence-corrected chi connectivity index (χ2v) is 3.79. The van der Waals surface area contributed by atoms with Gasteiger partial charge < -0.3 is 10.0 Å². The minimum Gasteiger partial charge on any atom is -0.396 e. The fourth-order valence-corrected chi connectivity index (χ4v) is 1.46. The molecule has 1 rings (SSSR count). The van der Waals surface area contributed by atoms with Crippen LogP contribution in [0, 0.1) is 12.7 Å². The van der Waals surface area contributed by atoms with Crippen LogP contribution in [0.25, 0.3) is 0 Å². The molecule has 2 nitrogen and oxygen atoms in total. The zero-order valence-corrected chi connectivity index (χ0v) is 9.33. The van der Waals surface area contributed by atoms with Gasteiger partial charge in [-0.15, -0.1) is 0 Å². The Labute approximate surface area is 90.3 Å². The summed E-state index contributed by atoms with van der Waals surface area (Å²) in [6, 6.07) is 5.11. The van der Waals surface area contributed by atoms with Crippen LogP contribution in [-0.2, 0) is 0 Å². The molecule has 0 aromatic heterocycles. The van der Waals surface area contributed by atoms with Gasteiger partial charge in [0.1, 0.15) is 5.82 Å². The molecule has 0 aliphatic rings. The topological polar surface area (TPSA) is 23.5 Å². The number of hydrogen-bond acceptors (Lipinski definition) is 2. The van der Waals surface area contributed by atoms with Crippen LogP contribution in [0.2, 0.25) is 0 Å². The summed E-state index contributed by atoms with van der Waals surface area (Å²) in [4.78, 5) is 2.07. The number of halogens is 1. The number of aliphatic hydroxyl groups is 1. The molecule has 1 N–H and O–H groups in total. The molecule has 0 saturated carbocycles. The van der Waals surface area contributed by atoms with Gasteiger partial charge in [0.05, 0.1) is 0 Å². The summed E-state index contributed by atoms with van der Waals surface area (Å²) in [5.41, 5.74) is 1.69. The second kappa shape index (κ2) is 5.71. The molecular formula is C12H18FNO. The van der Waals surface area contributed by atoms with Gasteiger partial charge in [-0.3, -0.25) is 0 Å². The number of hydrogen-bond donors (Lipinski definition) is 1. The van der Waals surface area contributed by atoms with Gasteiger partial charge in [-0.2, -0.15) is 0 Å². The number of nitrogens with zero attached hydrogens (tertiary/aromatic N) is 1. The van der Waals surface area contributed by atoms with Crippen molar-refractivity contribution in [1.29, 1.82) is 0 Å². The van der Waals surface area contributed by atoms with Crippen molar-refractivity contribution in [3.8, 4) is 0 Å². The van der Waals surface area contributed by atoms with Crippen molar-refractivity contribution >= 4 is 5.69 Å². The van der Waals surface area contributed by atoms with Crippen molar-refractivity contribution in [1.82, 2.24) is 0 Å². The van der Waals surface area contributed by atoms with E-state index in [0.717, 1.165) is 25.1 Å². The van der Waals surface area contributed by atoms with Crippen molar-refractivity contribution in [2.75, 3.05) is 25.1 Å². The van der Waals surface area contributed by atoms with Crippen LogP contribution in [0.3, 0.4) is 0 Å². The third-order valence-electron chi connectivity index (χ3n) is 2.48. The summed E-state index contributed by atoms with van der Waals surface area (Å²) in [6.45, 7) is 2.88. The molecular weight excluding hydrogens is 193 g/mol. The first-order valence-corrected chi connectivity index (χ1v) is 5.23. The quantitative estimate of drug-likeness (QED) is 0.756. The van der Waals surface area contributed by atoms with Gasteiger partial charge in [-0.05, 0) is 43.5 Å². The zero-order valence-electron chi connectivity index (χ0n) is 9.33. The van der Waals surface area contributed by atoms with Gasteiger partial charge in [0.2, 0.25) is 0 Å². The van der Waals surface area contributed by atoms with E-state index in [1.165, 1.54) is 6.07 Å². The predicted octanol–water partition coefficient (Wildman–Crippen LogP) is 2.34. The average molecular weight is 211 g/mol. The van der Waals surface area contributed by atoms with Crippen LogP contribution in [0.5, 0.6) is 0 Å². The van der Waals surface area contributed by atoms with E-state index in [9.17, 15) is 4.39 Å². The van der Waals surface area contributed by atoms with E-state index in [2.05, 4.69) is 4.90 Å². The Bertz CT molecular complexity index is 314. The standard InChI is InChI=1S/C12H18FNO/c1-10-9-11(5-6-12(10)13)14(2)7-3-4-8-15/h5-6,9,15H,3-4,7-8H2,1-2H3. The first-order valence-electron chi connectivity index (χ1n) is 5.23. The Morgan fingerprint density at radius 2 is 2.07 bits per heavy atom. The van der Waals surface area contributed by atoms with Crippen molar-refractivity contribution in [2.45, 2.75) is 19.8 Å². The summed E-state index contributed by atoms with van der Waals surface area (Å²) in [5.74, 6) is -0.164. The average Bonchev–Trinajstić information content (AvgIpc) is 2.22. The maximum Gasteiger partial charge on any atom is 0.126 e. The molecule has 3 heteroatoms. The Balaban J connectivity index is 2.57. The van der Waals surface area contributed by atoms with Crippen LogP contribution in [0.1, 0.15) is 18.4 Å². The summed E-state index contributed by atoms with van der Waals surface area (Å²) in [7, 11) is 1.98. The van der Waals surface area contributed by atoms with E-state index in [-0.39, 0.29) is 12.4 Å². The summed E-state index contributed by atoms with van der Waals surface area (Å²) >= 11 is 0. The lowest BCUT2D eigenvalue weighted by molar-refractivity contribution is 0.285. The van der Waals surface area contributed by atoms with Gasteiger partial charge in [0.15, 0.2) is 0 Å². The number of unbranched alkanes of at least 4 members (excludes halogenated alkanes) is 1. The lowest BCUT2D eigenvalue weighted by atomic mass is 10.2. The van der Waals surface area contributed by atoms with Gasteiger partial charge in [0, 0.05) is 25.9 Å². The van der Waals surface area contributed by atoms with Crippen LogP contribution >= 0.6 is 0 Å². The van der Waals surface area contributed by atoms with Crippen LogP contribution < -0.4 is 4.90 Å². The van der Waals surface area contributed by atoms with Gasteiger partial charge in [-0.1, -0.05) is 0 Å². The van der Waals surface area contributed by atoms with Crippen LogP contribution in [0.15, 0.2) is 18.2 Å². The molecule has 0 atom stereocenters. The van der Waals surface area contributed by atoms with E-state index in [4.69, 9.17) is 5.11 Å². The second-order valence-electron chi connectivity index (χ2n) is 3.79. The Hall–Kier alpha value is -1.09.